The molecule has 1 aliphatic heterocycles. The number of fused-ring (bicyclic) bond motifs is 1. The molecule has 4 N–H and O–H groups in total. The molecule has 1 atom stereocenters. The Morgan fingerprint density at radius 2 is 2.12 bits per heavy atom. The van der Waals surface area contributed by atoms with Crippen LogP contribution in [0, 0.1) is 0 Å². The summed E-state index contributed by atoms with van der Waals surface area (Å²) in [6, 6.07) is 8.05. The van der Waals surface area contributed by atoms with Gasteiger partial charge in [0, 0.05) is 18.7 Å². The molecule has 0 bridgehead atoms. The summed E-state index contributed by atoms with van der Waals surface area (Å²) in [4.78, 5) is 4.54. The maximum Gasteiger partial charge on any atom is 0.243 e. The van der Waals surface area contributed by atoms with Crippen LogP contribution < -0.4 is 5.73 Å². The molecule has 1 fully saturated rings. The predicted molar refractivity (Wildman–Crippen MR) is 98.1 cm³/mol. The molecule has 0 aliphatic carbocycles. The van der Waals surface area contributed by atoms with Gasteiger partial charge in [0.25, 0.3) is 0 Å². The number of aromatic amines is 1. The van der Waals surface area contributed by atoms with Gasteiger partial charge in [0.15, 0.2) is 5.82 Å². The summed E-state index contributed by atoms with van der Waals surface area (Å²) in [5.74, 6) is 0.282. The highest BCUT2D eigenvalue weighted by Gasteiger charge is 2.32. The number of anilines is 1. The minimum Gasteiger partial charge on any atom is -0.392 e. The van der Waals surface area contributed by atoms with Crippen LogP contribution in [0.4, 0.5) is 5.82 Å². The lowest BCUT2D eigenvalue weighted by Crippen LogP contribution is -2.29. The number of aliphatic hydroxyl groups is 1. The van der Waals surface area contributed by atoms with E-state index in [2.05, 4.69) is 15.2 Å². The second kappa shape index (κ2) is 6.20. The van der Waals surface area contributed by atoms with E-state index in [1.54, 1.807) is 18.2 Å². The number of β-amino-alcohol motifs (C(OH)–C–C–N with tert-alkyl or cyclic N) is 1. The summed E-state index contributed by atoms with van der Waals surface area (Å²) in [7, 11) is -3.69. The molecule has 136 valence electrons. The van der Waals surface area contributed by atoms with E-state index in [9.17, 15) is 13.5 Å². The fourth-order valence-electron chi connectivity index (χ4n) is 3.01. The quantitative estimate of drug-likeness (QED) is 0.620. The average Bonchev–Trinajstić information content (AvgIpc) is 3.21. The van der Waals surface area contributed by atoms with E-state index in [1.165, 1.54) is 16.4 Å². The van der Waals surface area contributed by atoms with Crippen molar-refractivity contribution in [1.29, 1.82) is 0 Å². The molecule has 1 saturated heterocycles. The van der Waals surface area contributed by atoms with Crippen molar-refractivity contribution in [3.8, 4) is 11.3 Å². The van der Waals surface area contributed by atoms with Crippen molar-refractivity contribution in [2.45, 2.75) is 17.4 Å². The van der Waals surface area contributed by atoms with Gasteiger partial charge in [0.1, 0.15) is 5.52 Å². The maximum absolute atomic E-state index is 12.7. The maximum atomic E-state index is 12.7. The number of rotatable bonds is 3. The minimum absolute atomic E-state index is 0.0873. The van der Waals surface area contributed by atoms with Gasteiger partial charge < -0.3 is 10.8 Å². The number of nitrogens with zero attached hydrogens (tertiary/aromatic N) is 3. The number of aromatic nitrogens is 3. The summed E-state index contributed by atoms with van der Waals surface area (Å²) in [6.45, 7) is 0.389. The van der Waals surface area contributed by atoms with Gasteiger partial charge in [-0.25, -0.2) is 13.4 Å². The number of nitrogen functional groups attached to an aromatic ring is 1. The lowest BCUT2D eigenvalue weighted by atomic mass is 10.1. The Balaban J connectivity index is 1.72. The fourth-order valence-corrected chi connectivity index (χ4v) is 4.87. The van der Waals surface area contributed by atoms with Crippen molar-refractivity contribution < 1.29 is 13.5 Å². The van der Waals surface area contributed by atoms with Crippen molar-refractivity contribution in [1.82, 2.24) is 19.5 Å². The van der Waals surface area contributed by atoms with Gasteiger partial charge in [-0.1, -0.05) is 11.6 Å². The molecule has 1 aliphatic rings. The van der Waals surface area contributed by atoms with E-state index in [1.807, 2.05) is 0 Å². The summed E-state index contributed by atoms with van der Waals surface area (Å²) in [5, 5.41) is 16.5. The van der Waals surface area contributed by atoms with Crippen molar-refractivity contribution >= 4 is 38.5 Å². The van der Waals surface area contributed by atoms with E-state index in [0.717, 1.165) is 0 Å². The molecule has 4 rings (SSSR count). The predicted octanol–water partition coefficient (Wildman–Crippen LogP) is 1.62. The van der Waals surface area contributed by atoms with Crippen molar-refractivity contribution in [3.63, 3.8) is 0 Å². The lowest BCUT2D eigenvalue weighted by Gasteiger charge is -2.16. The van der Waals surface area contributed by atoms with Gasteiger partial charge in [-0.3, -0.25) is 5.10 Å². The van der Waals surface area contributed by atoms with E-state index < -0.39 is 16.1 Å². The standard InChI is InChI=1S/C16H16ClN5O3S/c17-12-7-10(26(24,25)22-6-5-9(23)8-22)1-2-11(12)13-3-4-14-15(19-13)16(18)21-20-14/h1-4,7,9,23H,5-6,8H2,(H3,18,20,21). The summed E-state index contributed by atoms with van der Waals surface area (Å²) < 4.78 is 26.6. The number of nitrogens with one attached hydrogen (secondary N) is 1. The number of hydrogen-bond acceptors (Lipinski definition) is 6. The van der Waals surface area contributed by atoms with E-state index in [0.29, 0.717) is 35.3 Å². The molecule has 0 amide bonds. The highest BCUT2D eigenvalue weighted by Crippen LogP contribution is 2.32. The molecule has 0 saturated carbocycles. The molecule has 1 aromatic carbocycles. The van der Waals surface area contributed by atoms with Crippen LogP contribution >= 0.6 is 11.6 Å². The number of sulfonamides is 1. The molecule has 8 nitrogen and oxygen atoms in total. The van der Waals surface area contributed by atoms with Crippen LogP contribution in [-0.4, -0.2) is 52.2 Å². The molecule has 1 unspecified atom stereocenters. The molecule has 3 aromatic rings. The summed E-state index contributed by atoms with van der Waals surface area (Å²) >= 11 is 6.34. The number of pyridine rings is 1. The third-order valence-corrected chi connectivity index (χ3v) is 6.59. The first-order valence-electron chi connectivity index (χ1n) is 7.95. The van der Waals surface area contributed by atoms with Crippen LogP contribution in [0.25, 0.3) is 22.3 Å². The first kappa shape index (κ1) is 17.2. The van der Waals surface area contributed by atoms with Crippen LogP contribution in [0.1, 0.15) is 6.42 Å². The Kier molecular flexibility index (Phi) is 4.11. The summed E-state index contributed by atoms with van der Waals surface area (Å²) in [5.41, 5.74) is 8.17. The van der Waals surface area contributed by atoms with Gasteiger partial charge in [-0.2, -0.15) is 9.40 Å². The number of H-pyrrole nitrogens is 1. The highest BCUT2D eigenvalue weighted by molar-refractivity contribution is 7.89. The van der Waals surface area contributed by atoms with Crippen molar-refractivity contribution in [3.05, 3.63) is 35.4 Å². The van der Waals surface area contributed by atoms with E-state index in [4.69, 9.17) is 17.3 Å². The van der Waals surface area contributed by atoms with Crippen LogP contribution in [0.2, 0.25) is 5.02 Å². The molecular formula is C16H16ClN5O3S. The van der Waals surface area contributed by atoms with Gasteiger partial charge in [0.05, 0.1) is 27.2 Å². The molecule has 26 heavy (non-hydrogen) atoms. The zero-order chi connectivity index (χ0) is 18.5. The SMILES string of the molecule is Nc1n[nH]c2ccc(-c3ccc(S(=O)(=O)N4CCC(O)C4)cc3Cl)nc12. The molecule has 2 aromatic heterocycles. The third kappa shape index (κ3) is 2.82. The number of halogens is 1. The molecule has 3 heterocycles. The van der Waals surface area contributed by atoms with E-state index in [-0.39, 0.29) is 22.3 Å². The number of hydrogen-bond donors (Lipinski definition) is 3. The van der Waals surface area contributed by atoms with Crippen LogP contribution in [0.5, 0.6) is 0 Å². The fraction of sp³-hybridized carbons (Fsp3) is 0.250. The van der Waals surface area contributed by atoms with Gasteiger partial charge in [-0.05, 0) is 36.8 Å². The Hall–Kier alpha value is -2.20. The lowest BCUT2D eigenvalue weighted by molar-refractivity contribution is 0.189. The molecular weight excluding hydrogens is 378 g/mol. The monoisotopic (exact) mass is 393 g/mol. The van der Waals surface area contributed by atoms with Crippen LogP contribution in [-0.2, 0) is 10.0 Å². The second-order valence-electron chi connectivity index (χ2n) is 6.15. The zero-order valence-corrected chi connectivity index (χ0v) is 15.1. The average molecular weight is 394 g/mol. The van der Waals surface area contributed by atoms with Crippen molar-refractivity contribution in [2.75, 3.05) is 18.8 Å². The Bertz CT molecular complexity index is 1100. The smallest absolute Gasteiger partial charge is 0.243 e. The third-order valence-electron chi connectivity index (χ3n) is 4.42. The molecule has 10 heteroatoms. The highest BCUT2D eigenvalue weighted by atomic mass is 35.5. The topological polar surface area (TPSA) is 125 Å². The largest absolute Gasteiger partial charge is 0.392 e. The normalized spacial score (nSPS) is 18.6. The van der Waals surface area contributed by atoms with Gasteiger partial charge >= 0.3 is 0 Å². The van der Waals surface area contributed by atoms with Gasteiger partial charge in [0.2, 0.25) is 10.0 Å². The second-order valence-corrected chi connectivity index (χ2v) is 8.49. The molecule has 0 radical (unpaired) electrons. The van der Waals surface area contributed by atoms with Crippen LogP contribution in [0.15, 0.2) is 35.2 Å². The number of benzene rings is 1. The number of aliphatic hydroxyl groups excluding tert-OH is 1. The minimum atomic E-state index is -3.69. The van der Waals surface area contributed by atoms with Crippen molar-refractivity contribution in [2.24, 2.45) is 0 Å². The van der Waals surface area contributed by atoms with Gasteiger partial charge in [-0.15, -0.1) is 0 Å². The first-order valence-corrected chi connectivity index (χ1v) is 9.77. The number of nitrogens with two attached hydrogens (primary N) is 1. The first-order chi connectivity index (χ1) is 12.4. The molecule has 0 spiro atoms. The Morgan fingerprint density at radius 1 is 1.31 bits per heavy atom. The Labute approximate surface area is 154 Å². The summed E-state index contributed by atoms with van der Waals surface area (Å²) in [6.07, 6.45) is -0.197. The Morgan fingerprint density at radius 3 is 2.81 bits per heavy atom. The zero-order valence-electron chi connectivity index (χ0n) is 13.6. The van der Waals surface area contributed by atoms with E-state index >= 15 is 0 Å². The van der Waals surface area contributed by atoms with Crippen LogP contribution in [0.3, 0.4) is 0 Å².